The SMILES string of the molecule is Cc1nc(N)cc(Nc2ncc(F)c3nc(N4CC(C#N)C4)sc23)n1. The number of nitriles is 1. The molecule has 0 radical (unpaired) electrons. The van der Waals surface area contributed by atoms with Crippen molar-refractivity contribution >= 4 is 44.1 Å². The van der Waals surface area contributed by atoms with Crippen LogP contribution in [0.5, 0.6) is 0 Å². The van der Waals surface area contributed by atoms with Gasteiger partial charge in [-0.3, -0.25) is 0 Å². The van der Waals surface area contributed by atoms with E-state index in [-0.39, 0.29) is 11.4 Å². The molecular formula is C15H13FN8S. The number of rotatable bonds is 3. The first-order valence-electron chi connectivity index (χ1n) is 7.51. The molecule has 0 amide bonds. The number of nitrogen functional groups attached to an aromatic ring is 1. The van der Waals surface area contributed by atoms with Crippen LogP contribution in [0.15, 0.2) is 12.3 Å². The van der Waals surface area contributed by atoms with Gasteiger partial charge in [-0.05, 0) is 6.92 Å². The first-order chi connectivity index (χ1) is 12.0. The zero-order valence-corrected chi connectivity index (χ0v) is 14.0. The number of nitrogens with one attached hydrogen (secondary N) is 1. The maximum atomic E-state index is 14.1. The average molecular weight is 356 g/mol. The smallest absolute Gasteiger partial charge is 0.186 e. The molecule has 0 saturated carbocycles. The van der Waals surface area contributed by atoms with Crippen LogP contribution in [-0.2, 0) is 0 Å². The highest BCUT2D eigenvalue weighted by atomic mass is 32.1. The molecule has 4 rings (SSSR count). The monoisotopic (exact) mass is 356 g/mol. The second-order valence-corrected chi connectivity index (χ2v) is 6.69. The number of nitrogens with zero attached hydrogens (tertiary/aromatic N) is 6. The van der Waals surface area contributed by atoms with Crippen molar-refractivity contribution in [3.05, 3.63) is 23.9 Å². The van der Waals surface area contributed by atoms with Crippen LogP contribution in [0.4, 0.5) is 27.0 Å². The molecular weight excluding hydrogens is 343 g/mol. The van der Waals surface area contributed by atoms with Crippen LogP contribution in [0.3, 0.4) is 0 Å². The molecule has 25 heavy (non-hydrogen) atoms. The topological polar surface area (TPSA) is 117 Å². The highest BCUT2D eigenvalue weighted by Gasteiger charge is 2.29. The van der Waals surface area contributed by atoms with Gasteiger partial charge in [-0.1, -0.05) is 11.3 Å². The van der Waals surface area contributed by atoms with E-state index in [1.54, 1.807) is 13.0 Å². The number of aryl methyl sites for hydroxylation is 1. The van der Waals surface area contributed by atoms with Gasteiger partial charge in [0.2, 0.25) is 0 Å². The molecule has 4 heterocycles. The third-order valence-electron chi connectivity index (χ3n) is 3.80. The lowest BCUT2D eigenvalue weighted by molar-refractivity contribution is 0.504. The number of fused-ring (bicyclic) bond motifs is 1. The molecule has 0 aromatic carbocycles. The Balaban J connectivity index is 1.71. The van der Waals surface area contributed by atoms with E-state index >= 15 is 0 Å². The quantitative estimate of drug-likeness (QED) is 0.733. The predicted molar refractivity (Wildman–Crippen MR) is 93.2 cm³/mol. The molecule has 0 spiro atoms. The van der Waals surface area contributed by atoms with Crippen LogP contribution in [0.2, 0.25) is 0 Å². The van der Waals surface area contributed by atoms with E-state index < -0.39 is 5.82 Å². The Hall–Kier alpha value is -3.06. The van der Waals surface area contributed by atoms with Crippen molar-refractivity contribution in [3.8, 4) is 6.07 Å². The predicted octanol–water partition coefficient (Wildman–Crippen LogP) is 2.21. The van der Waals surface area contributed by atoms with E-state index in [9.17, 15) is 4.39 Å². The molecule has 3 aromatic rings. The molecule has 0 bridgehead atoms. The van der Waals surface area contributed by atoms with Gasteiger partial charge < -0.3 is 16.0 Å². The second-order valence-electron chi connectivity index (χ2n) is 5.71. The zero-order chi connectivity index (χ0) is 17.6. The van der Waals surface area contributed by atoms with Crippen LogP contribution < -0.4 is 16.0 Å². The highest BCUT2D eigenvalue weighted by molar-refractivity contribution is 7.22. The minimum Gasteiger partial charge on any atom is -0.384 e. The van der Waals surface area contributed by atoms with Crippen molar-refractivity contribution < 1.29 is 4.39 Å². The summed E-state index contributed by atoms with van der Waals surface area (Å²) < 4.78 is 14.7. The fourth-order valence-corrected chi connectivity index (χ4v) is 3.63. The molecule has 8 nitrogen and oxygen atoms in total. The molecule has 1 fully saturated rings. The molecule has 1 saturated heterocycles. The summed E-state index contributed by atoms with van der Waals surface area (Å²) >= 11 is 1.33. The lowest BCUT2D eigenvalue weighted by Gasteiger charge is -2.34. The van der Waals surface area contributed by atoms with E-state index in [0.717, 1.165) is 6.20 Å². The number of halogens is 1. The summed E-state index contributed by atoms with van der Waals surface area (Å²) in [5.41, 5.74) is 5.98. The molecule has 0 unspecified atom stereocenters. The Labute approximate surface area is 146 Å². The summed E-state index contributed by atoms with van der Waals surface area (Å²) in [6.45, 7) is 2.95. The summed E-state index contributed by atoms with van der Waals surface area (Å²) in [6.07, 6.45) is 1.12. The van der Waals surface area contributed by atoms with Crippen LogP contribution in [0.1, 0.15) is 5.82 Å². The van der Waals surface area contributed by atoms with E-state index in [2.05, 4.69) is 31.3 Å². The van der Waals surface area contributed by atoms with Crippen molar-refractivity contribution in [2.24, 2.45) is 5.92 Å². The van der Waals surface area contributed by atoms with Gasteiger partial charge in [0.25, 0.3) is 0 Å². The van der Waals surface area contributed by atoms with Gasteiger partial charge in [-0.15, -0.1) is 0 Å². The highest BCUT2D eigenvalue weighted by Crippen LogP contribution is 2.37. The summed E-state index contributed by atoms with van der Waals surface area (Å²) in [7, 11) is 0. The molecule has 0 aliphatic carbocycles. The second kappa shape index (κ2) is 5.78. The number of pyridine rings is 1. The largest absolute Gasteiger partial charge is 0.384 e. The number of hydrogen-bond acceptors (Lipinski definition) is 9. The third kappa shape index (κ3) is 2.78. The summed E-state index contributed by atoms with van der Waals surface area (Å²) in [5.74, 6) is 1.30. The Morgan fingerprint density at radius 1 is 1.40 bits per heavy atom. The Kier molecular flexibility index (Phi) is 3.58. The van der Waals surface area contributed by atoms with E-state index in [4.69, 9.17) is 11.0 Å². The van der Waals surface area contributed by atoms with Gasteiger partial charge in [-0.2, -0.15) is 5.26 Å². The number of hydrogen-bond donors (Lipinski definition) is 2. The van der Waals surface area contributed by atoms with Crippen LogP contribution in [0.25, 0.3) is 10.2 Å². The van der Waals surface area contributed by atoms with Crippen LogP contribution in [0, 0.1) is 30.0 Å². The molecule has 1 aliphatic rings. The van der Waals surface area contributed by atoms with Gasteiger partial charge in [0, 0.05) is 19.2 Å². The summed E-state index contributed by atoms with van der Waals surface area (Å²) in [5, 5.41) is 12.6. The van der Waals surface area contributed by atoms with Crippen LogP contribution in [-0.4, -0.2) is 33.0 Å². The molecule has 126 valence electrons. The van der Waals surface area contributed by atoms with Crippen molar-refractivity contribution in [3.63, 3.8) is 0 Å². The Bertz CT molecular complexity index is 984. The molecule has 10 heteroatoms. The Morgan fingerprint density at radius 2 is 2.20 bits per heavy atom. The number of nitrogens with two attached hydrogens (primary N) is 1. The molecule has 3 aromatic heterocycles. The minimum atomic E-state index is -0.487. The summed E-state index contributed by atoms with van der Waals surface area (Å²) in [4.78, 5) is 18.7. The number of thiazole rings is 1. The van der Waals surface area contributed by atoms with Crippen molar-refractivity contribution in [2.75, 3.05) is 29.0 Å². The number of aromatic nitrogens is 4. The maximum Gasteiger partial charge on any atom is 0.186 e. The van der Waals surface area contributed by atoms with E-state index in [0.29, 0.717) is 46.2 Å². The Morgan fingerprint density at radius 3 is 2.92 bits per heavy atom. The van der Waals surface area contributed by atoms with Gasteiger partial charge in [0.1, 0.15) is 27.7 Å². The first-order valence-corrected chi connectivity index (χ1v) is 8.33. The fourth-order valence-electron chi connectivity index (χ4n) is 2.59. The normalized spacial score (nSPS) is 14.4. The van der Waals surface area contributed by atoms with Gasteiger partial charge in [0.05, 0.1) is 18.2 Å². The van der Waals surface area contributed by atoms with Crippen molar-refractivity contribution in [1.29, 1.82) is 5.26 Å². The average Bonchev–Trinajstić information content (AvgIpc) is 2.94. The summed E-state index contributed by atoms with van der Waals surface area (Å²) in [6, 6.07) is 3.79. The van der Waals surface area contributed by atoms with E-state index in [1.807, 2.05) is 4.90 Å². The van der Waals surface area contributed by atoms with E-state index in [1.165, 1.54) is 11.3 Å². The molecule has 3 N–H and O–H groups in total. The lowest BCUT2D eigenvalue weighted by atomic mass is 10.0. The minimum absolute atomic E-state index is 0.000418. The van der Waals surface area contributed by atoms with Gasteiger partial charge in [-0.25, -0.2) is 24.3 Å². The van der Waals surface area contributed by atoms with Crippen molar-refractivity contribution in [1.82, 2.24) is 19.9 Å². The van der Waals surface area contributed by atoms with Crippen molar-refractivity contribution in [2.45, 2.75) is 6.92 Å². The molecule has 0 atom stereocenters. The van der Waals surface area contributed by atoms with Crippen LogP contribution >= 0.6 is 11.3 Å². The van der Waals surface area contributed by atoms with Gasteiger partial charge >= 0.3 is 0 Å². The number of anilines is 4. The zero-order valence-electron chi connectivity index (χ0n) is 13.2. The first kappa shape index (κ1) is 15.5. The van der Waals surface area contributed by atoms with Gasteiger partial charge in [0.15, 0.2) is 16.8 Å². The third-order valence-corrected chi connectivity index (χ3v) is 4.93. The fraction of sp³-hybridized carbons (Fsp3) is 0.267. The standard InChI is InChI=1S/C15H13FN8S/c1-7-20-10(18)2-11(21-7)22-14-13-12(9(16)4-19-14)23-15(25-13)24-5-8(3-17)6-24/h2,4,8H,5-6H2,1H3,(H3,18,19,20,21,22). The molecule has 1 aliphatic heterocycles. The lowest BCUT2D eigenvalue weighted by Crippen LogP contribution is -2.45. The maximum absolute atomic E-state index is 14.1.